The summed E-state index contributed by atoms with van der Waals surface area (Å²) in [6.45, 7) is 0. The summed E-state index contributed by atoms with van der Waals surface area (Å²) in [4.78, 5) is 0. The largest absolute Gasteiger partial charge is 0.624 e. The van der Waals surface area contributed by atoms with Crippen LogP contribution in [0.5, 0.6) is 0 Å². The zero-order valence-electron chi connectivity index (χ0n) is 9.13. The van der Waals surface area contributed by atoms with Crippen molar-refractivity contribution in [2.45, 2.75) is 0 Å². The van der Waals surface area contributed by atoms with E-state index in [1.54, 1.807) is 6.21 Å². The first-order chi connectivity index (χ1) is 7.75. The molecule has 0 bridgehead atoms. The van der Waals surface area contributed by atoms with E-state index in [1.165, 1.54) is 12.6 Å². The molecule has 0 aliphatic heterocycles. The van der Waals surface area contributed by atoms with Crippen LogP contribution >= 0.6 is 0 Å². The van der Waals surface area contributed by atoms with Crippen molar-refractivity contribution in [2.24, 2.45) is 0 Å². The van der Waals surface area contributed by atoms with Gasteiger partial charge in [-0.25, -0.2) is 4.74 Å². The van der Waals surface area contributed by atoms with Gasteiger partial charge < -0.3 is 5.21 Å². The molecule has 80 valence electrons. The summed E-state index contributed by atoms with van der Waals surface area (Å²) in [5.74, 6) is 0. The van der Waals surface area contributed by atoms with E-state index < -0.39 is 0 Å². The lowest BCUT2D eigenvalue weighted by molar-refractivity contribution is -0.416. The smallest absolute Gasteiger partial charge is 0.181 e. The van der Waals surface area contributed by atoms with Gasteiger partial charge in [0.05, 0.1) is 0 Å². The molecule has 0 aromatic heterocycles. The molecule has 0 N–H and O–H groups in total. The highest BCUT2D eigenvalue weighted by Crippen LogP contribution is 2.18. The summed E-state index contributed by atoms with van der Waals surface area (Å²) >= 11 is 0. The zero-order chi connectivity index (χ0) is 11.4. The van der Waals surface area contributed by atoms with E-state index in [-0.39, 0.29) is 0 Å². The Morgan fingerprint density at radius 1 is 0.875 bits per heavy atom. The Bertz CT molecular complexity index is 482. The van der Waals surface area contributed by atoms with Gasteiger partial charge >= 0.3 is 0 Å². The number of rotatable bonds is 2. The van der Waals surface area contributed by atoms with E-state index in [4.69, 9.17) is 0 Å². The predicted molar refractivity (Wildman–Crippen MR) is 66.6 cm³/mol. The molecule has 2 rings (SSSR count). The highest BCUT2D eigenvalue weighted by atomic mass is 16.5. The Hall–Kier alpha value is -2.09. The van der Waals surface area contributed by atoms with Crippen molar-refractivity contribution in [3.63, 3.8) is 0 Å². The zero-order valence-corrected chi connectivity index (χ0v) is 9.13. The lowest BCUT2D eigenvalue weighted by Gasteiger charge is -2.01. The molecule has 0 saturated heterocycles. The monoisotopic (exact) mass is 211 g/mol. The third-order valence-corrected chi connectivity index (χ3v) is 2.35. The SMILES string of the molecule is C/[N+]([O-])=C/c1ccc(-c2ccccc2)cc1. The van der Waals surface area contributed by atoms with Gasteiger partial charge in [-0.15, -0.1) is 0 Å². The first kappa shape index (κ1) is 10.4. The minimum atomic E-state index is 0.803. The van der Waals surface area contributed by atoms with Crippen LogP contribution in [0, 0.1) is 5.21 Å². The maximum absolute atomic E-state index is 10.8. The molecule has 2 nitrogen and oxygen atoms in total. The standard InChI is InChI=1S/C14H13NO/c1-15(16)11-12-7-9-14(10-8-12)13-5-3-2-4-6-13/h2-11H,1H3/b15-11-. The maximum Gasteiger partial charge on any atom is 0.181 e. The summed E-state index contributed by atoms with van der Waals surface area (Å²) in [6, 6.07) is 18.1. The van der Waals surface area contributed by atoms with Gasteiger partial charge in [-0.3, -0.25) is 0 Å². The van der Waals surface area contributed by atoms with Gasteiger partial charge in [-0.2, -0.15) is 0 Å². The summed E-state index contributed by atoms with van der Waals surface area (Å²) in [5.41, 5.74) is 3.26. The number of nitrogens with zero attached hydrogens (tertiary/aromatic N) is 1. The summed E-state index contributed by atoms with van der Waals surface area (Å²) in [5, 5.41) is 10.8. The predicted octanol–water partition coefficient (Wildman–Crippen LogP) is 2.91. The lowest BCUT2D eigenvalue weighted by atomic mass is 10.0. The van der Waals surface area contributed by atoms with Crippen LogP contribution < -0.4 is 0 Å². The van der Waals surface area contributed by atoms with E-state index in [0.29, 0.717) is 0 Å². The highest BCUT2D eigenvalue weighted by molar-refractivity contribution is 5.77. The van der Waals surface area contributed by atoms with Crippen molar-refractivity contribution in [3.8, 4) is 11.1 Å². The second-order valence-electron chi connectivity index (χ2n) is 3.66. The number of benzene rings is 2. The second kappa shape index (κ2) is 4.62. The second-order valence-corrected chi connectivity index (χ2v) is 3.66. The van der Waals surface area contributed by atoms with E-state index in [1.807, 2.05) is 42.5 Å². The molecule has 0 aliphatic carbocycles. The minimum Gasteiger partial charge on any atom is -0.624 e. The number of hydrogen-bond donors (Lipinski definition) is 0. The average molecular weight is 211 g/mol. The van der Waals surface area contributed by atoms with Crippen LogP contribution in [0.2, 0.25) is 0 Å². The molecule has 16 heavy (non-hydrogen) atoms. The fourth-order valence-corrected chi connectivity index (χ4v) is 1.60. The molecule has 2 heteroatoms. The normalized spacial score (nSPS) is 11.4. The van der Waals surface area contributed by atoms with E-state index in [0.717, 1.165) is 15.9 Å². The van der Waals surface area contributed by atoms with Crippen molar-refractivity contribution in [1.82, 2.24) is 0 Å². The molecular formula is C14H13NO. The molecular weight excluding hydrogens is 198 g/mol. The summed E-state index contributed by atoms with van der Waals surface area (Å²) < 4.78 is 0.803. The third-order valence-electron chi connectivity index (χ3n) is 2.35. The topological polar surface area (TPSA) is 26.1 Å². The Morgan fingerprint density at radius 2 is 1.44 bits per heavy atom. The maximum atomic E-state index is 10.8. The van der Waals surface area contributed by atoms with Gasteiger partial charge in [-0.05, 0) is 23.3 Å². The molecule has 0 amide bonds. The van der Waals surface area contributed by atoms with Crippen molar-refractivity contribution in [1.29, 1.82) is 0 Å². The molecule has 0 spiro atoms. The molecule has 2 aromatic carbocycles. The van der Waals surface area contributed by atoms with Gasteiger partial charge in [0.25, 0.3) is 0 Å². The fraction of sp³-hybridized carbons (Fsp3) is 0.0714. The van der Waals surface area contributed by atoms with Gasteiger partial charge in [0, 0.05) is 5.56 Å². The van der Waals surface area contributed by atoms with Crippen LogP contribution in [-0.2, 0) is 0 Å². The molecule has 0 unspecified atom stereocenters. The Balaban J connectivity index is 2.30. The van der Waals surface area contributed by atoms with Gasteiger partial charge in [0.1, 0.15) is 7.05 Å². The first-order valence-electron chi connectivity index (χ1n) is 5.16. The molecule has 0 fully saturated rings. The molecule has 0 saturated carbocycles. The van der Waals surface area contributed by atoms with Crippen LogP contribution in [0.3, 0.4) is 0 Å². The molecule has 0 aliphatic rings. The highest BCUT2D eigenvalue weighted by Gasteiger charge is 1.97. The van der Waals surface area contributed by atoms with Crippen molar-refractivity contribution >= 4 is 6.21 Å². The van der Waals surface area contributed by atoms with E-state index in [2.05, 4.69) is 12.1 Å². The molecule has 0 atom stereocenters. The Morgan fingerprint density at radius 3 is 2.00 bits per heavy atom. The van der Waals surface area contributed by atoms with Crippen LogP contribution in [0.1, 0.15) is 5.56 Å². The summed E-state index contributed by atoms with van der Waals surface area (Å²) in [7, 11) is 1.48. The number of hydrogen-bond acceptors (Lipinski definition) is 1. The third kappa shape index (κ3) is 2.48. The molecule has 0 heterocycles. The number of hydroxylamine groups is 1. The Labute approximate surface area is 95.1 Å². The fourth-order valence-electron chi connectivity index (χ4n) is 1.60. The van der Waals surface area contributed by atoms with E-state index >= 15 is 0 Å². The van der Waals surface area contributed by atoms with Crippen molar-refractivity contribution < 1.29 is 4.74 Å². The van der Waals surface area contributed by atoms with Crippen molar-refractivity contribution in [3.05, 3.63) is 65.4 Å². The van der Waals surface area contributed by atoms with Gasteiger partial charge in [0.2, 0.25) is 0 Å². The quantitative estimate of drug-likeness (QED) is 0.324. The van der Waals surface area contributed by atoms with Crippen molar-refractivity contribution in [2.75, 3.05) is 7.05 Å². The summed E-state index contributed by atoms with van der Waals surface area (Å²) in [6.07, 6.45) is 1.55. The molecule has 0 radical (unpaired) electrons. The van der Waals surface area contributed by atoms with Gasteiger partial charge in [-0.1, -0.05) is 42.5 Å². The van der Waals surface area contributed by atoms with Crippen LogP contribution in [0.15, 0.2) is 54.6 Å². The van der Waals surface area contributed by atoms with Gasteiger partial charge in [0.15, 0.2) is 6.21 Å². The first-order valence-corrected chi connectivity index (χ1v) is 5.16. The lowest BCUT2D eigenvalue weighted by Crippen LogP contribution is -1.96. The minimum absolute atomic E-state index is 0.803. The Kier molecular flexibility index (Phi) is 3.01. The average Bonchev–Trinajstić information content (AvgIpc) is 2.30. The van der Waals surface area contributed by atoms with Crippen LogP contribution in [0.4, 0.5) is 0 Å². The van der Waals surface area contributed by atoms with Crippen LogP contribution in [0.25, 0.3) is 11.1 Å². The van der Waals surface area contributed by atoms with E-state index in [9.17, 15) is 5.21 Å². The molecule has 2 aromatic rings. The van der Waals surface area contributed by atoms with Crippen LogP contribution in [-0.4, -0.2) is 18.0 Å².